The van der Waals surface area contributed by atoms with Gasteiger partial charge in [-0.1, -0.05) is 29.4 Å². The average Bonchev–Trinajstić information content (AvgIpc) is 2.55. The van der Waals surface area contributed by atoms with Crippen LogP contribution >= 0.6 is 23.4 Å². The summed E-state index contributed by atoms with van der Waals surface area (Å²) in [5, 5.41) is 12.8. The summed E-state index contributed by atoms with van der Waals surface area (Å²) in [4.78, 5) is 19.9. The molecule has 3 N–H and O–H groups in total. The molecular formula is C15H14ClN5O2S. The number of nitrogens with two attached hydrogens (primary N) is 1. The second-order valence-corrected chi connectivity index (χ2v) is 5.80. The van der Waals surface area contributed by atoms with Crippen molar-refractivity contribution in [2.45, 2.75) is 12.1 Å². The summed E-state index contributed by atoms with van der Waals surface area (Å²) in [5.41, 5.74) is 6.95. The van der Waals surface area contributed by atoms with E-state index in [0.29, 0.717) is 10.8 Å². The molecule has 0 aliphatic heterocycles. The van der Waals surface area contributed by atoms with Gasteiger partial charge in [-0.15, -0.1) is 0 Å². The molecular weight excluding hydrogens is 350 g/mol. The lowest BCUT2D eigenvalue weighted by molar-refractivity contribution is 0.0997. The molecule has 0 aliphatic rings. The van der Waals surface area contributed by atoms with Crippen LogP contribution in [0, 0.1) is 18.3 Å². The number of nitrogens with zero attached hydrogens (tertiary/aromatic N) is 3. The molecule has 0 atom stereocenters. The summed E-state index contributed by atoms with van der Waals surface area (Å²) in [6, 6.07) is 5.26. The first-order valence-corrected chi connectivity index (χ1v) is 8.29. The Labute approximate surface area is 148 Å². The number of carbonyl (C=O) groups excluding carboxylic acids is 1. The SMILES string of the molecule is COc1c(C(N)=O)ccc(C)c1Nc1nc(SC)nc(Cl)c1C#N. The molecule has 2 rings (SSSR count). The van der Waals surface area contributed by atoms with Crippen molar-refractivity contribution in [3.05, 3.63) is 34.0 Å². The van der Waals surface area contributed by atoms with Crippen molar-refractivity contribution in [3.8, 4) is 11.8 Å². The fraction of sp³-hybridized carbons (Fsp3) is 0.200. The van der Waals surface area contributed by atoms with Gasteiger partial charge in [0.25, 0.3) is 5.91 Å². The number of halogens is 1. The summed E-state index contributed by atoms with van der Waals surface area (Å²) in [6.07, 6.45) is 1.79. The third kappa shape index (κ3) is 3.37. The summed E-state index contributed by atoms with van der Waals surface area (Å²) in [7, 11) is 1.43. The molecule has 1 amide bonds. The topological polar surface area (TPSA) is 114 Å². The van der Waals surface area contributed by atoms with Gasteiger partial charge >= 0.3 is 0 Å². The maximum atomic E-state index is 11.6. The molecule has 124 valence electrons. The Hall–Kier alpha value is -2.50. The van der Waals surface area contributed by atoms with Crippen LogP contribution in [-0.2, 0) is 0 Å². The molecule has 7 nitrogen and oxygen atoms in total. The molecule has 24 heavy (non-hydrogen) atoms. The Morgan fingerprint density at radius 3 is 2.71 bits per heavy atom. The third-order valence-corrected chi connectivity index (χ3v) is 4.04. The number of hydrogen-bond donors (Lipinski definition) is 2. The Morgan fingerprint density at radius 2 is 2.17 bits per heavy atom. The van der Waals surface area contributed by atoms with E-state index in [4.69, 9.17) is 22.1 Å². The van der Waals surface area contributed by atoms with Gasteiger partial charge in [0.2, 0.25) is 0 Å². The molecule has 9 heteroatoms. The van der Waals surface area contributed by atoms with Gasteiger partial charge in [-0.25, -0.2) is 9.97 Å². The van der Waals surface area contributed by atoms with Crippen molar-refractivity contribution in [3.63, 3.8) is 0 Å². The lowest BCUT2D eigenvalue weighted by atomic mass is 10.1. The van der Waals surface area contributed by atoms with Crippen LogP contribution in [0.1, 0.15) is 21.5 Å². The lowest BCUT2D eigenvalue weighted by Gasteiger charge is -2.17. The zero-order valence-electron chi connectivity index (χ0n) is 13.2. The molecule has 0 saturated heterocycles. The summed E-state index contributed by atoms with van der Waals surface area (Å²) in [6.45, 7) is 1.82. The first-order valence-electron chi connectivity index (χ1n) is 6.69. The van der Waals surface area contributed by atoms with Crippen LogP contribution in [0.3, 0.4) is 0 Å². The number of nitriles is 1. The van der Waals surface area contributed by atoms with Gasteiger partial charge < -0.3 is 15.8 Å². The van der Waals surface area contributed by atoms with Gasteiger partial charge in [0, 0.05) is 0 Å². The fourth-order valence-corrected chi connectivity index (χ4v) is 2.68. The van der Waals surface area contributed by atoms with Gasteiger partial charge in [0.05, 0.1) is 18.4 Å². The Balaban J connectivity index is 2.64. The maximum absolute atomic E-state index is 11.6. The Kier molecular flexibility index (Phi) is 5.49. The van der Waals surface area contributed by atoms with Crippen molar-refractivity contribution in [1.82, 2.24) is 9.97 Å². The van der Waals surface area contributed by atoms with E-state index in [1.807, 2.05) is 13.0 Å². The Bertz CT molecular complexity index is 851. The molecule has 1 heterocycles. The number of anilines is 2. The van der Waals surface area contributed by atoms with E-state index in [9.17, 15) is 10.1 Å². The van der Waals surface area contributed by atoms with Gasteiger partial charge in [-0.3, -0.25) is 4.79 Å². The summed E-state index contributed by atoms with van der Waals surface area (Å²) >= 11 is 7.33. The number of aromatic nitrogens is 2. The van der Waals surface area contributed by atoms with Gasteiger partial charge in [0.1, 0.15) is 11.6 Å². The molecule has 0 aliphatic carbocycles. The van der Waals surface area contributed by atoms with Crippen LogP contribution in [0.15, 0.2) is 17.3 Å². The van der Waals surface area contributed by atoms with E-state index >= 15 is 0 Å². The molecule has 0 radical (unpaired) electrons. The minimum absolute atomic E-state index is 0.0435. The van der Waals surface area contributed by atoms with Crippen LogP contribution in [-0.4, -0.2) is 29.2 Å². The third-order valence-electron chi connectivity index (χ3n) is 3.22. The van der Waals surface area contributed by atoms with E-state index in [2.05, 4.69) is 15.3 Å². The Morgan fingerprint density at radius 1 is 1.46 bits per heavy atom. The van der Waals surface area contributed by atoms with Gasteiger partial charge in [0.15, 0.2) is 21.9 Å². The average molecular weight is 364 g/mol. The quantitative estimate of drug-likeness (QED) is 0.477. The summed E-state index contributed by atoms with van der Waals surface area (Å²) < 4.78 is 5.32. The molecule has 0 fully saturated rings. The number of thioether (sulfide) groups is 1. The van der Waals surface area contributed by atoms with E-state index in [-0.39, 0.29) is 27.8 Å². The number of methoxy groups -OCH3 is 1. The standard InChI is InChI=1S/C15H14ClN5O2S/c1-7-4-5-8(13(18)22)11(23-2)10(7)19-14-9(6-17)12(16)20-15(21-14)24-3/h4-5H,1-3H3,(H2,18,22)(H,19,20,21). The predicted octanol–water partition coefficient (Wildman–Crippen LogP) is 2.88. The normalized spacial score (nSPS) is 10.1. The van der Waals surface area contributed by atoms with Crippen molar-refractivity contribution in [1.29, 1.82) is 5.26 Å². The summed E-state index contributed by atoms with van der Waals surface area (Å²) in [5.74, 6) is -0.127. The number of carbonyl (C=O) groups is 1. The van der Waals surface area contributed by atoms with Crippen molar-refractivity contribution < 1.29 is 9.53 Å². The van der Waals surface area contributed by atoms with Crippen LogP contribution in [0.2, 0.25) is 5.15 Å². The second-order valence-electron chi connectivity index (χ2n) is 4.66. The maximum Gasteiger partial charge on any atom is 0.252 e. The first kappa shape index (κ1) is 17.8. The lowest BCUT2D eigenvalue weighted by Crippen LogP contribution is -2.14. The van der Waals surface area contributed by atoms with Gasteiger partial charge in [-0.2, -0.15) is 5.26 Å². The van der Waals surface area contributed by atoms with Crippen LogP contribution in [0.5, 0.6) is 5.75 Å². The highest BCUT2D eigenvalue weighted by Gasteiger charge is 2.19. The minimum Gasteiger partial charge on any atom is -0.494 e. The minimum atomic E-state index is -0.624. The van der Waals surface area contributed by atoms with Crippen LogP contribution < -0.4 is 15.8 Å². The largest absolute Gasteiger partial charge is 0.494 e. The van der Waals surface area contributed by atoms with Crippen LogP contribution in [0.4, 0.5) is 11.5 Å². The molecule has 1 aromatic carbocycles. The highest BCUT2D eigenvalue weighted by Crippen LogP contribution is 2.36. The smallest absolute Gasteiger partial charge is 0.252 e. The van der Waals surface area contributed by atoms with Gasteiger partial charge in [-0.05, 0) is 24.8 Å². The van der Waals surface area contributed by atoms with Crippen molar-refractivity contribution in [2.75, 3.05) is 18.7 Å². The number of aryl methyl sites for hydroxylation is 1. The van der Waals surface area contributed by atoms with E-state index in [1.165, 1.54) is 18.9 Å². The molecule has 2 aromatic rings. The molecule has 0 bridgehead atoms. The number of hydrogen-bond acceptors (Lipinski definition) is 7. The predicted molar refractivity (Wildman–Crippen MR) is 93.1 cm³/mol. The molecule has 0 unspecified atom stereocenters. The molecule has 0 spiro atoms. The number of ether oxygens (including phenoxy) is 1. The monoisotopic (exact) mass is 363 g/mol. The number of primary amides is 1. The van der Waals surface area contributed by atoms with E-state index in [0.717, 1.165) is 5.56 Å². The van der Waals surface area contributed by atoms with E-state index < -0.39 is 5.91 Å². The van der Waals surface area contributed by atoms with Crippen molar-refractivity contribution >= 4 is 40.8 Å². The number of rotatable bonds is 5. The zero-order valence-corrected chi connectivity index (χ0v) is 14.7. The molecule has 0 saturated carbocycles. The fourth-order valence-electron chi connectivity index (χ4n) is 2.06. The van der Waals surface area contributed by atoms with E-state index in [1.54, 1.807) is 18.4 Å². The number of benzene rings is 1. The van der Waals surface area contributed by atoms with Crippen molar-refractivity contribution in [2.24, 2.45) is 5.73 Å². The van der Waals surface area contributed by atoms with Crippen LogP contribution in [0.25, 0.3) is 0 Å². The highest BCUT2D eigenvalue weighted by molar-refractivity contribution is 7.98. The zero-order chi connectivity index (χ0) is 17.9. The first-order chi connectivity index (χ1) is 11.4. The second kappa shape index (κ2) is 7.38. The number of amides is 1. The number of nitrogens with one attached hydrogen (secondary N) is 1. The molecule has 1 aromatic heterocycles. The highest BCUT2D eigenvalue weighted by atomic mass is 35.5.